The lowest BCUT2D eigenvalue weighted by atomic mass is 10.1. The maximum atomic E-state index is 12.3. The molecular formula is C19H28N2O3S. The summed E-state index contributed by atoms with van der Waals surface area (Å²) >= 11 is 1.63. The van der Waals surface area contributed by atoms with Crippen molar-refractivity contribution in [1.82, 2.24) is 4.90 Å². The molecule has 0 bridgehead atoms. The van der Waals surface area contributed by atoms with Gasteiger partial charge in [0, 0.05) is 12.2 Å². The summed E-state index contributed by atoms with van der Waals surface area (Å²) in [5.41, 5.74) is 2.72. The Bertz CT molecular complexity index is 629. The summed E-state index contributed by atoms with van der Waals surface area (Å²) in [5.74, 6) is 0.479. The van der Waals surface area contributed by atoms with Crippen molar-refractivity contribution < 1.29 is 14.3 Å². The van der Waals surface area contributed by atoms with Crippen LogP contribution in [0.5, 0.6) is 0 Å². The van der Waals surface area contributed by atoms with Gasteiger partial charge in [0.2, 0.25) is 0 Å². The zero-order chi connectivity index (χ0) is 18.4. The number of aliphatic imine (C=N–C) groups is 1. The smallest absolute Gasteiger partial charge is 0.354 e. The van der Waals surface area contributed by atoms with E-state index in [0.717, 1.165) is 42.3 Å². The van der Waals surface area contributed by atoms with E-state index in [1.54, 1.807) is 11.8 Å². The quantitative estimate of drug-likeness (QED) is 0.693. The molecule has 0 aromatic carbocycles. The van der Waals surface area contributed by atoms with Gasteiger partial charge in [0.15, 0.2) is 0 Å². The first-order valence-corrected chi connectivity index (χ1v) is 9.95. The summed E-state index contributed by atoms with van der Waals surface area (Å²) in [6.45, 7) is 7.56. The lowest BCUT2D eigenvalue weighted by molar-refractivity contribution is -0.137. The molecule has 2 rings (SSSR count). The summed E-state index contributed by atoms with van der Waals surface area (Å²) in [6, 6.07) is 0.0975. The summed E-state index contributed by atoms with van der Waals surface area (Å²) in [5, 5.41) is 0.998. The molecule has 2 heterocycles. The predicted molar refractivity (Wildman–Crippen MR) is 103 cm³/mol. The Labute approximate surface area is 154 Å². The van der Waals surface area contributed by atoms with Crippen LogP contribution in [0.3, 0.4) is 0 Å². The standard InChI is InChI=1S/C19H28N2O3S/c1-6-13(3)18(25-5)20-17-14(7-2)11-16(19(22)23-4)21(17)15-9-8-10-24-12-15/h7,11,15H,6,8-10,12H2,1-5H3/b14-7-,18-13-,20-17+. The monoisotopic (exact) mass is 364 g/mol. The van der Waals surface area contributed by atoms with Gasteiger partial charge in [0.05, 0.1) is 24.8 Å². The van der Waals surface area contributed by atoms with E-state index in [-0.39, 0.29) is 12.0 Å². The Morgan fingerprint density at radius 3 is 2.84 bits per heavy atom. The third kappa shape index (κ3) is 4.36. The maximum absolute atomic E-state index is 12.3. The number of ether oxygens (including phenoxy) is 2. The normalized spacial score (nSPS) is 25.2. The number of hydrogen-bond acceptors (Lipinski definition) is 5. The number of carbonyl (C=O) groups excluding carboxylic acids is 1. The number of methoxy groups -OCH3 is 1. The Balaban J connectivity index is 2.52. The minimum Gasteiger partial charge on any atom is -0.464 e. The van der Waals surface area contributed by atoms with Crippen molar-refractivity contribution in [3.05, 3.63) is 34.0 Å². The van der Waals surface area contributed by atoms with Gasteiger partial charge < -0.3 is 14.4 Å². The fourth-order valence-corrected chi connectivity index (χ4v) is 3.66. The molecule has 0 radical (unpaired) electrons. The Morgan fingerprint density at radius 1 is 1.56 bits per heavy atom. The number of rotatable bonds is 5. The second-order valence-electron chi connectivity index (χ2n) is 6.08. The number of allylic oxidation sites excluding steroid dienone is 2. The zero-order valence-corrected chi connectivity index (χ0v) is 16.6. The largest absolute Gasteiger partial charge is 0.464 e. The summed E-state index contributed by atoms with van der Waals surface area (Å²) in [4.78, 5) is 19.3. The number of carbonyl (C=O) groups is 1. The number of nitrogens with zero attached hydrogens (tertiary/aromatic N) is 2. The highest BCUT2D eigenvalue weighted by Crippen LogP contribution is 2.32. The van der Waals surface area contributed by atoms with Crippen LogP contribution in [0.25, 0.3) is 0 Å². The molecule has 25 heavy (non-hydrogen) atoms. The summed E-state index contributed by atoms with van der Waals surface area (Å²) in [6.07, 6.45) is 8.79. The van der Waals surface area contributed by atoms with Crippen LogP contribution in [-0.4, -0.2) is 49.3 Å². The van der Waals surface area contributed by atoms with Gasteiger partial charge in [-0.2, -0.15) is 0 Å². The highest BCUT2D eigenvalue weighted by molar-refractivity contribution is 8.02. The molecule has 6 heteroatoms. The molecule has 0 amide bonds. The fraction of sp³-hybridized carbons (Fsp3) is 0.579. The minimum absolute atomic E-state index is 0.0975. The minimum atomic E-state index is -0.336. The summed E-state index contributed by atoms with van der Waals surface area (Å²) < 4.78 is 10.7. The number of thioether (sulfide) groups is 1. The van der Waals surface area contributed by atoms with Crippen molar-refractivity contribution in [3.8, 4) is 0 Å². The van der Waals surface area contributed by atoms with Crippen LogP contribution in [0.15, 0.2) is 39.0 Å². The molecule has 0 aromatic heterocycles. The molecule has 0 spiro atoms. The lowest BCUT2D eigenvalue weighted by Crippen LogP contribution is -2.44. The van der Waals surface area contributed by atoms with Crippen molar-refractivity contribution >= 4 is 23.6 Å². The second kappa shape index (κ2) is 9.25. The van der Waals surface area contributed by atoms with Gasteiger partial charge in [-0.1, -0.05) is 13.0 Å². The number of esters is 1. The van der Waals surface area contributed by atoms with Gasteiger partial charge in [0.1, 0.15) is 11.5 Å². The van der Waals surface area contributed by atoms with Crippen LogP contribution < -0.4 is 0 Å². The van der Waals surface area contributed by atoms with Crippen LogP contribution in [0.4, 0.5) is 0 Å². The van der Waals surface area contributed by atoms with Crippen molar-refractivity contribution in [3.63, 3.8) is 0 Å². The first-order chi connectivity index (χ1) is 12.1. The van der Waals surface area contributed by atoms with Crippen LogP contribution in [0.1, 0.15) is 40.0 Å². The molecule has 0 aliphatic carbocycles. The third-order valence-electron chi connectivity index (χ3n) is 4.54. The van der Waals surface area contributed by atoms with Crippen molar-refractivity contribution in [2.24, 2.45) is 4.99 Å². The van der Waals surface area contributed by atoms with Crippen LogP contribution in [0.2, 0.25) is 0 Å². The average Bonchev–Trinajstić information content (AvgIpc) is 3.03. The SMILES string of the molecule is C/C=C1/C=C(C(=O)OC)N(C2CCCOC2)/C1=N/C(SC)=C(\C)CC. The van der Waals surface area contributed by atoms with E-state index >= 15 is 0 Å². The third-order valence-corrected chi connectivity index (χ3v) is 5.37. The van der Waals surface area contributed by atoms with Crippen molar-refractivity contribution in [1.29, 1.82) is 0 Å². The second-order valence-corrected chi connectivity index (χ2v) is 6.88. The van der Waals surface area contributed by atoms with Gasteiger partial charge in [0.25, 0.3) is 0 Å². The van der Waals surface area contributed by atoms with Gasteiger partial charge >= 0.3 is 5.97 Å². The molecule has 0 aromatic rings. The molecule has 2 aliphatic rings. The number of hydrogen-bond donors (Lipinski definition) is 0. The average molecular weight is 365 g/mol. The van der Waals surface area contributed by atoms with Gasteiger partial charge in [-0.15, -0.1) is 11.8 Å². The first kappa shape index (κ1) is 19.8. The fourth-order valence-electron chi connectivity index (χ4n) is 2.99. The van der Waals surface area contributed by atoms with Gasteiger partial charge in [-0.25, -0.2) is 9.79 Å². The van der Waals surface area contributed by atoms with E-state index in [1.165, 1.54) is 12.7 Å². The molecule has 5 nitrogen and oxygen atoms in total. The summed E-state index contributed by atoms with van der Waals surface area (Å²) in [7, 11) is 1.41. The molecule has 1 unspecified atom stereocenters. The van der Waals surface area contributed by atoms with Gasteiger partial charge in [-0.3, -0.25) is 0 Å². The molecule has 0 N–H and O–H groups in total. The van der Waals surface area contributed by atoms with E-state index in [0.29, 0.717) is 12.3 Å². The topological polar surface area (TPSA) is 51.1 Å². The van der Waals surface area contributed by atoms with E-state index < -0.39 is 0 Å². The number of amidine groups is 1. The highest BCUT2D eigenvalue weighted by atomic mass is 32.2. The molecule has 0 saturated carbocycles. The highest BCUT2D eigenvalue weighted by Gasteiger charge is 2.37. The molecular weight excluding hydrogens is 336 g/mol. The van der Waals surface area contributed by atoms with E-state index in [2.05, 4.69) is 13.8 Å². The van der Waals surface area contributed by atoms with Gasteiger partial charge in [-0.05, 0) is 51.0 Å². The van der Waals surface area contributed by atoms with E-state index in [9.17, 15) is 4.79 Å². The first-order valence-electron chi connectivity index (χ1n) is 8.73. The zero-order valence-electron chi connectivity index (χ0n) is 15.8. The van der Waals surface area contributed by atoms with Crippen LogP contribution in [0, 0.1) is 0 Å². The van der Waals surface area contributed by atoms with Crippen molar-refractivity contribution in [2.45, 2.75) is 46.1 Å². The molecule has 1 fully saturated rings. The Kier molecular flexibility index (Phi) is 7.32. The lowest BCUT2D eigenvalue weighted by Gasteiger charge is -2.34. The Hall–Kier alpha value is -1.53. The van der Waals surface area contributed by atoms with Crippen LogP contribution in [-0.2, 0) is 14.3 Å². The van der Waals surface area contributed by atoms with Crippen molar-refractivity contribution in [2.75, 3.05) is 26.6 Å². The molecule has 1 saturated heterocycles. The molecule has 2 aliphatic heterocycles. The van der Waals surface area contributed by atoms with Crippen LogP contribution >= 0.6 is 11.8 Å². The van der Waals surface area contributed by atoms with E-state index in [1.807, 2.05) is 30.2 Å². The molecule has 1 atom stereocenters. The predicted octanol–water partition coefficient (Wildman–Crippen LogP) is 3.89. The maximum Gasteiger partial charge on any atom is 0.354 e. The van der Waals surface area contributed by atoms with E-state index in [4.69, 9.17) is 14.5 Å². The Morgan fingerprint density at radius 2 is 2.32 bits per heavy atom. The molecule has 138 valence electrons.